The van der Waals surface area contributed by atoms with Crippen LogP contribution >= 0.6 is 27.5 Å². The molecule has 10 heteroatoms. The fraction of sp³-hybridized carbons (Fsp3) is 0.300. The lowest BCUT2D eigenvalue weighted by molar-refractivity contribution is -0.110. The van der Waals surface area contributed by atoms with Gasteiger partial charge in [-0.3, -0.25) is 14.4 Å². The van der Waals surface area contributed by atoms with Crippen LogP contribution in [0.3, 0.4) is 0 Å². The first-order valence-corrected chi connectivity index (χ1v) is 14.0. The Morgan fingerprint density at radius 2 is 1.68 bits per heavy atom. The van der Waals surface area contributed by atoms with Gasteiger partial charge < -0.3 is 25.4 Å². The summed E-state index contributed by atoms with van der Waals surface area (Å²) < 4.78 is 12.4. The van der Waals surface area contributed by atoms with Crippen LogP contribution in [0.25, 0.3) is 0 Å². The summed E-state index contributed by atoms with van der Waals surface area (Å²) >= 11 is 9.80. The van der Waals surface area contributed by atoms with E-state index in [1.54, 1.807) is 48.5 Å². The molecule has 1 fully saturated rings. The van der Waals surface area contributed by atoms with E-state index in [1.165, 1.54) is 0 Å². The Kier molecular flexibility index (Phi) is 9.50. The highest BCUT2D eigenvalue weighted by Gasteiger charge is 2.27. The molecule has 2 atom stereocenters. The zero-order valence-electron chi connectivity index (χ0n) is 22.4. The molecule has 3 aromatic rings. The van der Waals surface area contributed by atoms with Gasteiger partial charge in [-0.05, 0) is 65.6 Å². The van der Waals surface area contributed by atoms with Crippen LogP contribution in [0.4, 0.5) is 11.4 Å². The molecule has 1 aliphatic rings. The van der Waals surface area contributed by atoms with E-state index in [2.05, 4.69) is 31.9 Å². The monoisotopic (exact) mass is 627 g/mol. The summed E-state index contributed by atoms with van der Waals surface area (Å²) in [6, 6.07) is 16.9. The Morgan fingerprint density at radius 1 is 1.00 bits per heavy atom. The van der Waals surface area contributed by atoms with Crippen molar-refractivity contribution in [1.29, 1.82) is 0 Å². The summed E-state index contributed by atoms with van der Waals surface area (Å²) in [5, 5.41) is 8.81. The maximum atomic E-state index is 13.3. The smallest absolute Gasteiger partial charge is 0.259 e. The van der Waals surface area contributed by atoms with Crippen molar-refractivity contribution < 1.29 is 23.9 Å². The van der Waals surface area contributed by atoms with Crippen LogP contribution < -0.4 is 20.7 Å². The maximum absolute atomic E-state index is 13.3. The molecule has 2 unspecified atom stereocenters. The molecule has 3 amide bonds. The van der Waals surface area contributed by atoms with Gasteiger partial charge in [0.05, 0.1) is 35.4 Å². The highest BCUT2D eigenvalue weighted by atomic mass is 79.9. The first-order valence-electron chi connectivity index (χ1n) is 12.8. The van der Waals surface area contributed by atoms with Gasteiger partial charge in [0.15, 0.2) is 0 Å². The molecule has 4 rings (SSSR count). The van der Waals surface area contributed by atoms with E-state index in [-0.39, 0.29) is 39.6 Å². The topological polar surface area (TPSA) is 106 Å². The fourth-order valence-electron chi connectivity index (χ4n) is 4.41. The van der Waals surface area contributed by atoms with Gasteiger partial charge in [0.25, 0.3) is 11.8 Å². The first kappa shape index (κ1) is 29.6. The summed E-state index contributed by atoms with van der Waals surface area (Å²) in [7, 11) is 0. The maximum Gasteiger partial charge on any atom is 0.259 e. The van der Waals surface area contributed by atoms with Gasteiger partial charge in [-0.25, -0.2) is 0 Å². The Hall–Kier alpha value is -3.40. The minimum atomic E-state index is -0.456. The van der Waals surface area contributed by atoms with E-state index < -0.39 is 5.91 Å². The van der Waals surface area contributed by atoms with Crippen molar-refractivity contribution in [2.45, 2.75) is 39.3 Å². The van der Waals surface area contributed by atoms with E-state index >= 15 is 0 Å². The van der Waals surface area contributed by atoms with Gasteiger partial charge in [-0.15, -0.1) is 0 Å². The number of amides is 3. The van der Waals surface area contributed by atoms with Crippen molar-refractivity contribution in [2.75, 3.05) is 23.8 Å². The summed E-state index contributed by atoms with van der Waals surface area (Å²) in [5.41, 5.74) is 1.94. The van der Waals surface area contributed by atoms with Crippen LogP contribution in [-0.2, 0) is 9.53 Å². The largest absolute Gasteiger partial charge is 0.487 e. The van der Waals surface area contributed by atoms with Crippen LogP contribution in [0.15, 0.2) is 65.1 Å². The van der Waals surface area contributed by atoms with Crippen molar-refractivity contribution in [3.8, 4) is 5.75 Å². The minimum absolute atomic E-state index is 0.169. The van der Waals surface area contributed by atoms with Crippen molar-refractivity contribution >= 4 is 57.1 Å². The lowest BCUT2D eigenvalue weighted by Crippen LogP contribution is -2.31. The number of anilines is 2. The number of hydrogen-bond donors (Lipinski definition) is 3. The van der Waals surface area contributed by atoms with Crippen LogP contribution in [0.1, 0.15) is 59.5 Å². The van der Waals surface area contributed by atoms with Gasteiger partial charge in [-0.1, -0.05) is 54.4 Å². The first-order chi connectivity index (χ1) is 19.0. The third kappa shape index (κ3) is 7.41. The fourth-order valence-corrected chi connectivity index (χ4v) is 4.88. The third-order valence-corrected chi connectivity index (χ3v) is 7.29. The molecule has 8 nitrogen and oxygen atoms in total. The average Bonchev–Trinajstić information content (AvgIpc) is 3.42. The van der Waals surface area contributed by atoms with Gasteiger partial charge in [0.2, 0.25) is 6.41 Å². The lowest BCUT2D eigenvalue weighted by atomic mass is 9.82. The Morgan fingerprint density at radius 3 is 2.33 bits per heavy atom. The Balaban J connectivity index is 1.61. The molecule has 1 saturated heterocycles. The molecule has 3 aromatic carbocycles. The number of halogens is 2. The molecule has 0 aliphatic carbocycles. The summed E-state index contributed by atoms with van der Waals surface area (Å²) in [4.78, 5) is 37.9. The second-order valence-electron chi connectivity index (χ2n) is 10.6. The zero-order chi connectivity index (χ0) is 28.9. The Labute approximate surface area is 246 Å². The van der Waals surface area contributed by atoms with E-state index in [1.807, 2.05) is 32.9 Å². The molecule has 210 valence electrons. The molecule has 0 spiro atoms. The van der Waals surface area contributed by atoms with Gasteiger partial charge in [0, 0.05) is 22.3 Å². The molecular weight excluding hydrogens is 598 g/mol. The van der Waals surface area contributed by atoms with E-state index in [4.69, 9.17) is 21.1 Å². The third-order valence-electron chi connectivity index (χ3n) is 6.43. The van der Waals surface area contributed by atoms with Crippen molar-refractivity contribution in [2.24, 2.45) is 5.41 Å². The highest BCUT2D eigenvalue weighted by molar-refractivity contribution is 9.10. The van der Waals surface area contributed by atoms with E-state index in [0.717, 1.165) is 16.5 Å². The summed E-state index contributed by atoms with van der Waals surface area (Å²) in [6.45, 7) is 7.01. The number of carbonyl (C=O) groups is 3. The molecule has 1 heterocycles. The molecule has 0 bridgehead atoms. The molecule has 0 radical (unpaired) electrons. The number of ether oxygens (including phenoxy) is 2. The number of benzene rings is 3. The average molecular weight is 629 g/mol. The summed E-state index contributed by atoms with van der Waals surface area (Å²) in [5.74, 6) is -0.459. The van der Waals surface area contributed by atoms with E-state index in [9.17, 15) is 14.4 Å². The number of rotatable bonds is 9. The molecule has 1 aliphatic heterocycles. The van der Waals surface area contributed by atoms with Crippen molar-refractivity contribution in [3.05, 3.63) is 86.8 Å². The molecule has 3 N–H and O–H groups in total. The van der Waals surface area contributed by atoms with Crippen molar-refractivity contribution in [3.63, 3.8) is 0 Å². The summed E-state index contributed by atoms with van der Waals surface area (Å²) in [6.07, 6.45) is 1.19. The van der Waals surface area contributed by atoms with Gasteiger partial charge >= 0.3 is 0 Å². The molecule has 0 saturated carbocycles. The highest BCUT2D eigenvalue weighted by Crippen LogP contribution is 2.34. The van der Waals surface area contributed by atoms with Crippen LogP contribution in [0.2, 0.25) is 5.02 Å². The SMILES string of the molecule is CC(C)(C)C(NC=O)c1ccc(Cl)c(C(=O)Nc2ccc(OC3CCOC3)c(C(=O)Nc3ccc(Br)cc3)c2)c1. The molecule has 40 heavy (non-hydrogen) atoms. The predicted molar refractivity (Wildman–Crippen MR) is 159 cm³/mol. The quantitative estimate of drug-likeness (QED) is 0.231. The van der Waals surface area contributed by atoms with Gasteiger partial charge in [0.1, 0.15) is 11.9 Å². The standard InChI is InChI=1S/C30H31BrClN3O5/c1-30(2,3)27(33-17-36)18-4-10-25(32)23(14-18)28(37)35-21-9-11-26(40-22-12-13-39-16-22)24(15-21)29(38)34-20-7-5-19(31)6-8-20/h4-11,14-15,17,22,27H,12-13,16H2,1-3H3,(H,33,36)(H,34,38)(H,35,37). The minimum Gasteiger partial charge on any atom is -0.487 e. The number of carbonyl (C=O) groups excluding carboxylic acids is 3. The Bertz CT molecular complexity index is 1390. The molecule has 0 aromatic heterocycles. The van der Waals surface area contributed by atoms with Crippen LogP contribution in [-0.4, -0.2) is 37.5 Å². The van der Waals surface area contributed by atoms with Crippen LogP contribution in [0.5, 0.6) is 5.75 Å². The van der Waals surface area contributed by atoms with Crippen molar-refractivity contribution in [1.82, 2.24) is 5.32 Å². The normalized spacial score (nSPS) is 15.7. The van der Waals surface area contributed by atoms with Crippen LogP contribution in [0, 0.1) is 5.41 Å². The zero-order valence-corrected chi connectivity index (χ0v) is 24.8. The van der Waals surface area contributed by atoms with Gasteiger partial charge in [-0.2, -0.15) is 0 Å². The number of hydrogen-bond acceptors (Lipinski definition) is 5. The predicted octanol–water partition coefficient (Wildman–Crippen LogP) is 6.61. The lowest BCUT2D eigenvalue weighted by Gasteiger charge is -2.31. The number of nitrogens with one attached hydrogen (secondary N) is 3. The molecular formula is C30H31BrClN3O5. The second-order valence-corrected chi connectivity index (χ2v) is 11.9. The van der Waals surface area contributed by atoms with E-state index in [0.29, 0.717) is 36.7 Å². The second kappa shape index (κ2) is 12.8.